The van der Waals surface area contributed by atoms with Gasteiger partial charge in [-0.25, -0.2) is 9.97 Å². The third-order valence-electron chi connectivity index (χ3n) is 3.42. The minimum Gasteiger partial charge on any atom is -0.332 e. The molecule has 0 aliphatic carbocycles. The van der Waals surface area contributed by atoms with E-state index < -0.39 is 0 Å². The molecule has 0 spiro atoms. The second-order valence-electron chi connectivity index (χ2n) is 5.37. The fourth-order valence-corrected chi connectivity index (χ4v) is 4.35. The molecule has 0 fully saturated rings. The van der Waals surface area contributed by atoms with Gasteiger partial charge < -0.3 is 5.32 Å². The Bertz CT molecular complexity index is 941. The van der Waals surface area contributed by atoms with Crippen LogP contribution < -0.4 is 5.32 Å². The maximum absolute atomic E-state index is 4.62. The molecule has 0 saturated heterocycles. The van der Waals surface area contributed by atoms with Gasteiger partial charge in [-0.15, -0.1) is 27.8 Å². The molecule has 2 N–H and O–H groups in total. The first kappa shape index (κ1) is 16.3. The van der Waals surface area contributed by atoms with Gasteiger partial charge in [0.05, 0.1) is 10.6 Å². The van der Waals surface area contributed by atoms with Crippen molar-refractivity contribution >= 4 is 45.3 Å². The van der Waals surface area contributed by atoms with Crippen LogP contribution in [-0.4, -0.2) is 20.2 Å². The molecule has 3 aromatic heterocycles. The van der Waals surface area contributed by atoms with Gasteiger partial charge >= 0.3 is 0 Å². The summed E-state index contributed by atoms with van der Waals surface area (Å²) in [6.07, 6.45) is 0. The smallest absolute Gasteiger partial charge is 0.209 e. The van der Waals surface area contributed by atoms with Crippen molar-refractivity contribution < 1.29 is 0 Å². The molecule has 1 aromatic carbocycles. The minimum atomic E-state index is 0.740. The number of anilines is 2. The van der Waals surface area contributed by atoms with E-state index in [9.17, 15) is 0 Å². The number of aryl methyl sites for hydroxylation is 1. The summed E-state index contributed by atoms with van der Waals surface area (Å²) in [5.74, 6) is 1.56. The maximum Gasteiger partial charge on any atom is 0.209 e. The molecule has 8 heteroatoms. The van der Waals surface area contributed by atoms with Gasteiger partial charge in [-0.2, -0.15) is 0 Å². The zero-order chi connectivity index (χ0) is 17.1. The number of thiophene rings is 1. The van der Waals surface area contributed by atoms with Crippen LogP contribution in [0.2, 0.25) is 0 Å². The lowest BCUT2D eigenvalue weighted by Gasteiger charge is -2.02. The van der Waals surface area contributed by atoms with Gasteiger partial charge in [0.25, 0.3) is 0 Å². The van der Waals surface area contributed by atoms with E-state index in [1.807, 2.05) is 17.5 Å². The first-order chi connectivity index (χ1) is 12.3. The van der Waals surface area contributed by atoms with Gasteiger partial charge in [0.15, 0.2) is 11.0 Å². The van der Waals surface area contributed by atoms with Crippen LogP contribution in [0.25, 0.3) is 10.7 Å². The Balaban J connectivity index is 1.36. The number of nitrogens with zero attached hydrogens (tertiary/aromatic N) is 3. The van der Waals surface area contributed by atoms with Gasteiger partial charge in [0, 0.05) is 16.8 Å². The standard InChI is InChI=1S/C17H15N5S3/c1-11-4-6-12(7-5-11)18-16-19-13(9-24-16)10-25-17-20-15(21-22-17)14-3-2-8-23-14/h2-9H,10H2,1H3,(H,18,19)(H,20,21,22). The van der Waals surface area contributed by atoms with Crippen molar-refractivity contribution in [2.45, 2.75) is 17.8 Å². The van der Waals surface area contributed by atoms with Crippen LogP contribution >= 0.6 is 34.4 Å². The van der Waals surface area contributed by atoms with Crippen molar-refractivity contribution in [3.05, 3.63) is 58.4 Å². The molecule has 0 atom stereocenters. The first-order valence-corrected chi connectivity index (χ1v) is 10.4. The predicted octanol–water partition coefficient (Wildman–Crippen LogP) is 5.33. The molecule has 3 heterocycles. The fourth-order valence-electron chi connectivity index (χ4n) is 2.16. The van der Waals surface area contributed by atoms with E-state index in [4.69, 9.17) is 0 Å². The second-order valence-corrected chi connectivity index (χ2v) is 8.12. The van der Waals surface area contributed by atoms with Crippen molar-refractivity contribution in [1.82, 2.24) is 20.2 Å². The van der Waals surface area contributed by atoms with E-state index in [-0.39, 0.29) is 0 Å². The maximum atomic E-state index is 4.62. The number of hydrogen-bond acceptors (Lipinski definition) is 7. The number of hydrogen-bond donors (Lipinski definition) is 2. The monoisotopic (exact) mass is 385 g/mol. The highest BCUT2D eigenvalue weighted by Crippen LogP contribution is 2.27. The Morgan fingerprint density at radius 3 is 2.80 bits per heavy atom. The molecule has 0 bridgehead atoms. The third kappa shape index (κ3) is 4.09. The molecule has 0 saturated carbocycles. The number of nitrogens with one attached hydrogen (secondary N) is 2. The average molecular weight is 386 g/mol. The zero-order valence-electron chi connectivity index (χ0n) is 13.4. The Kier molecular flexibility index (Phi) is 4.82. The SMILES string of the molecule is Cc1ccc(Nc2nc(CSc3n[nH]c(-c4cccs4)n3)cs2)cc1. The van der Waals surface area contributed by atoms with Crippen molar-refractivity contribution in [3.63, 3.8) is 0 Å². The van der Waals surface area contributed by atoms with Crippen molar-refractivity contribution in [2.24, 2.45) is 0 Å². The van der Waals surface area contributed by atoms with Crippen molar-refractivity contribution in [1.29, 1.82) is 0 Å². The molecular formula is C17H15N5S3. The summed E-state index contributed by atoms with van der Waals surface area (Å²) in [6.45, 7) is 2.08. The number of benzene rings is 1. The Hall–Kier alpha value is -2.16. The summed E-state index contributed by atoms with van der Waals surface area (Å²) in [5, 5.41) is 16.3. The first-order valence-electron chi connectivity index (χ1n) is 7.63. The lowest BCUT2D eigenvalue weighted by Crippen LogP contribution is -1.90. The summed E-state index contributed by atoms with van der Waals surface area (Å²) < 4.78 is 0. The van der Waals surface area contributed by atoms with Crippen LogP contribution in [0.15, 0.2) is 52.3 Å². The number of aromatic amines is 1. The lowest BCUT2D eigenvalue weighted by molar-refractivity contribution is 0.972. The molecule has 4 rings (SSSR count). The van der Waals surface area contributed by atoms with Gasteiger partial charge in [-0.3, -0.25) is 5.10 Å². The van der Waals surface area contributed by atoms with Gasteiger partial charge in [0.1, 0.15) is 0 Å². The van der Waals surface area contributed by atoms with Gasteiger partial charge in [-0.05, 0) is 30.5 Å². The van der Waals surface area contributed by atoms with Crippen molar-refractivity contribution in [3.8, 4) is 10.7 Å². The van der Waals surface area contributed by atoms with Gasteiger partial charge in [0.2, 0.25) is 5.16 Å². The highest BCUT2D eigenvalue weighted by molar-refractivity contribution is 7.98. The summed E-state index contributed by atoms with van der Waals surface area (Å²) in [6, 6.07) is 12.3. The van der Waals surface area contributed by atoms with E-state index in [2.05, 4.69) is 62.1 Å². The molecule has 126 valence electrons. The highest BCUT2D eigenvalue weighted by atomic mass is 32.2. The summed E-state index contributed by atoms with van der Waals surface area (Å²) in [7, 11) is 0. The number of thiazole rings is 1. The predicted molar refractivity (Wildman–Crippen MR) is 106 cm³/mol. The summed E-state index contributed by atoms with van der Waals surface area (Å²) in [4.78, 5) is 10.2. The topological polar surface area (TPSA) is 66.5 Å². The number of H-pyrrole nitrogens is 1. The third-order valence-corrected chi connectivity index (χ3v) is 5.99. The Morgan fingerprint density at radius 2 is 2.00 bits per heavy atom. The molecule has 4 aromatic rings. The number of thioether (sulfide) groups is 1. The average Bonchev–Trinajstić information content (AvgIpc) is 3.36. The van der Waals surface area contributed by atoms with Crippen LogP contribution in [0.1, 0.15) is 11.3 Å². The highest BCUT2D eigenvalue weighted by Gasteiger charge is 2.09. The molecule has 5 nitrogen and oxygen atoms in total. The van der Waals surface area contributed by atoms with Gasteiger partial charge in [-0.1, -0.05) is 35.5 Å². The Labute approximate surface area is 157 Å². The normalized spacial score (nSPS) is 10.9. The molecule has 0 unspecified atom stereocenters. The largest absolute Gasteiger partial charge is 0.332 e. The second kappa shape index (κ2) is 7.38. The van der Waals surface area contributed by atoms with E-state index in [1.165, 1.54) is 5.56 Å². The summed E-state index contributed by atoms with van der Waals surface area (Å²) in [5.41, 5.74) is 3.32. The molecule has 25 heavy (non-hydrogen) atoms. The fraction of sp³-hybridized carbons (Fsp3) is 0.118. The van der Waals surface area contributed by atoms with E-state index in [0.29, 0.717) is 0 Å². The molecule has 0 radical (unpaired) electrons. The van der Waals surface area contributed by atoms with E-state index in [0.717, 1.165) is 38.1 Å². The summed E-state index contributed by atoms with van der Waals surface area (Å²) >= 11 is 4.83. The zero-order valence-corrected chi connectivity index (χ0v) is 15.8. The van der Waals surface area contributed by atoms with Crippen LogP contribution in [0, 0.1) is 6.92 Å². The van der Waals surface area contributed by atoms with Crippen LogP contribution in [0.3, 0.4) is 0 Å². The van der Waals surface area contributed by atoms with Crippen LogP contribution in [-0.2, 0) is 5.75 Å². The molecule has 0 aliphatic rings. The lowest BCUT2D eigenvalue weighted by atomic mass is 10.2. The van der Waals surface area contributed by atoms with Crippen molar-refractivity contribution in [2.75, 3.05) is 5.32 Å². The molecule has 0 aliphatic heterocycles. The molecular weight excluding hydrogens is 370 g/mol. The van der Waals surface area contributed by atoms with E-state index >= 15 is 0 Å². The quantitative estimate of drug-likeness (QED) is 0.439. The number of aromatic nitrogens is 4. The Morgan fingerprint density at radius 1 is 1.12 bits per heavy atom. The molecule has 0 amide bonds. The minimum absolute atomic E-state index is 0.740. The van der Waals surface area contributed by atoms with Crippen LogP contribution in [0.4, 0.5) is 10.8 Å². The van der Waals surface area contributed by atoms with Crippen LogP contribution in [0.5, 0.6) is 0 Å². The number of rotatable bonds is 6. The van der Waals surface area contributed by atoms with E-state index in [1.54, 1.807) is 34.4 Å².